The molecule has 0 rings (SSSR count). The molecule has 0 aliphatic heterocycles. The lowest BCUT2D eigenvalue weighted by atomic mass is 9.84. The molecule has 0 heterocycles. The molecule has 0 bridgehead atoms. The highest BCUT2D eigenvalue weighted by Crippen LogP contribution is 2.29. The van der Waals surface area contributed by atoms with Gasteiger partial charge in [0.2, 0.25) is 0 Å². The van der Waals surface area contributed by atoms with Gasteiger partial charge in [-0.05, 0) is 12.5 Å². The Morgan fingerprint density at radius 3 is 1.02 bits per heavy atom. The van der Waals surface area contributed by atoms with E-state index in [0.717, 1.165) is 36.5 Å². The maximum atomic E-state index is 12.0. The number of allylic oxidation sites excluding steroid dienone is 1. The summed E-state index contributed by atoms with van der Waals surface area (Å²) in [5.74, 6) is -4.34. The molecule has 0 saturated carbocycles. The van der Waals surface area contributed by atoms with E-state index >= 15 is 0 Å². The van der Waals surface area contributed by atoms with Crippen LogP contribution in [0.15, 0.2) is 75.9 Å². The van der Waals surface area contributed by atoms with Crippen molar-refractivity contribution in [3.63, 3.8) is 0 Å². The summed E-state index contributed by atoms with van der Waals surface area (Å²) in [6.45, 7) is 17.3. The van der Waals surface area contributed by atoms with Crippen LogP contribution >= 0.6 is 0 Å². The molecule has 0 aromatic carbocycles. The minimum absolute atomic E-state index is 0.0159. The average Bonchev–Trinajstić information content (AvgIpc) is 3.00. The van der Waals surface area contributed by atoms with E-state index in [4.69, 9.17) is 28.4 Å². The van der Waals surface area contributed by atoms with E-state index in [9.17, 15) is 28.8 Å². The first kappa shape index (κ1) is 36.4. The molecule has 0 unspecified atom stereocenters. The van der Waals surface area contributed by atoms with Crippen LogP contribution in [0.5, 0.6) is 0 Å². The van der Waals surface area contributed by atoms with Crippen LogP contribution in [-0.2, 0) is 57.2 Å². The molecule has 0 N–H and O–H groups in total. The molecule has 0 atom stereocenters. The van der Waals surface area contributed by atoms with Crippen molar-refractivity contribution in [3.8, 4) is 0 Å². The molecule has 0 spiro atoms. The normalized spacial score (nSPS) is 10.6. The Hall–Kier alpha value is -4.58. The first-order valence-electron chi connectivity index (χ1n) is 12.1. The van der Waals surface area contributed by atoms with E-state index in [2.05, 4.69) is 39.5 Å². The summed E-state index contributed by atoms with van der Waals surface area (Å²) >= 11 is 0. The molecule has 0 saturated heterocycles. The van der Waals surface area contributed by atoms with Gasteiger partial charge in [0.1, 0.15) is 33.0 Å². The molecule has 0 aliphatic rings. The fourth-order valence-corrected chi connectivity index (χ4v) is 2.98. The quantitative estimate of drug-likeness (QED) is 0.0993. The average molecular weight is 577 g/mol. The predicted molar refractivity (Wildman–Crippen MR) is 146 cm³/mol. The summed E-state index contributed by atoms with van der Waals surface area (Å²) in [6.07, 6.45) is 5.62. The van der Waals surface area contributed by atoms with E-state index in [0.29, 0.717) is 0 Å². The number of esters is 5. The molecule has 0 aromatic heterocycles. The second-order valence-electron chi connectivity index (χ2n) is 8.72. The van der Waals surface area contributed by atoms with Crippen molar-refractivity contribution >= 4 is 35.6 Å². The number of hydrogen-bond donors (Lipinski definition) is 0. The number of carbonyl (C=O) groups is 6. The minimum atomic E-state index is -1.45. The van der Waals surface area contributed by atoms with Gasteiger partial charge in [0.15, 0.2) is 5.78 Å². The maximum absolute atomic E-state index is 12.0. The lowest BCUT2D eigenvalue weighted by Crippen LogP contribution is -2.45. The van der Waals surface area contributed by atoms with Crippen LogP contribution in [0.3, 0.4) is 0 Å². The van der Waals surface area contributed by atoms with Crippen LogP contribution in [0.4, 0.5) is 0 Å². The van der Waals surface area contributed by atoms with Crippen LogP contribution < -0.4 is 0 Å². The molecule has 41 heavy (non-hydrogen) atoms. The van der Waals surface area contributed by atoms with Gasteiger partial charge in [-0.2, -0.15) is 0 Å². The van der Waals surface area contributed by atoms with Crippen molar-refractivity contribution in [2.75, 3.05) is 46.2 Å². The van der Waals surface area contributed by atoms with Gasteiger partial charge >= 0.3 is 29.8 Å². The number of carbonyl (C=O) groups excluding carboxylic acids is 6. The lowest BCUT2D eigenvalue weighted by molar-refractivity contribution is -0.165. The monoisotopic (exact) mass is 576 g/mol. The van der Waals surface area contributed by atoms with E-state index in [1.807, 2.05) is 0 Å². The van der Waals surface area contributed by atoms with Crippen molar-refractivity contribution < 1.29 is 57.2 Å². The van der Waals surface area contributed by atoms with Crippen LogP contribution in [0.2, 0.25) is 0 Å². The Bertz CT molecular complexity index is 823. The molecule has 224 valence electrons. The number of rotatable bonds is 23. The standard InChI is InChI=1S/C29H36O12/c1-7-22(30)13-14-28(17-37-23(31)8-2,18-38-24(32)9-3)15-36-16-29(19-39-25(33)10-4,20-40-26(34)11-5)21-41-27(35)12-6/h7-12H,1-6,13-21H2. The van der Waals surface area contributed by atoms with Gasteiger partial charge < -0.3 is 28.4 Å². The third kappa shape index (κ3) is 15.0. The highest BCUT2D eigenvalue weighted by molar-refractivity contribution is 5.89. The van der Waals surface area contributed by atoms with Crippen molar-refractivity contribution in [2.45, 2.75) is 12.8 Å². The van der Waals surface area contributed by atoms with E-state index in [1.165, 1.54) is 0 Å². The van der Waals surface area contributed by atoms with Gasteiger partial charge in [0, 0.05) is 36.8 Å². The molecule has 0 aromatic rings. The Morgan fingerprint density at radius 2 is 0.732 bits per heavy atom. The largest absolute Gasteiger partial charge is 0.462 e. The number of ether oxygens (including phenoxy) is 6. The molecular formula is C29H36O12. The van der Waals surface area contributed by atoms with Crippen LogP contribution in [-0.4, -0.2) is 81.9 Å². The number of hydrogen-bond acceptors (Lipinski definition) is 12. The lowest BCUT2D eigenvalue weighted by Gasteiger charge is -2.35. The summed E-state index contributed by atoms with van der Waals surface area (Å²) in [4.78, 5) is 71.2. The van der Waals surface area contributed by atoms with Gasteiger partial charge in [-0.1, -0.05) is 39.5 Å². The SMILES string of the molecule is C=CC(=O)CCC(COCC(COC(=O)C=C)(COC(=O)C=C)COC(=O)C=C)(COC(=O)C=C)COC(=O)C=C. The van der Waals surface area contributed by atoms with Crippen molar-refractivity contribution in [1.82, 2.24) is 0 Å². The first-order valence-corrected chi connectivity index (χ1v) is 12.1. The molecule has 0 aliphatic carbocycles. The molecule has 12 nitrogen and oxygen atoms in total. The zero-order valence-electron chi connectivity index (χ0n) is 23.0. The third-order valence-electron chi connectivity index (χ3n) is 5.38. The van der Waals surface area contributed by atoms with E-state index in [1.54, 1.807) is 0 Å². The summed E-state index contributed by atoms with van der Waals surface area (Å²) in [7, 11) is 0. The molecular weight excluding hydrogens is 540 g/mol. The summed E-state index contributed by atoms with van der Waals surface area (Å²) in [6, 6.07) is 0. The zero-order valence-corrected chi connectivity index (χ0v) is 23.0. The Kier molecular flexibility index (Phi) is 17.3. The molecule has 12 heteroatoms. The van der Waals surface area contributed by atoms with Crippen LogP contribution in [0.25, 0.3) is 0 Å². The Labute approximate surface area is 238 Å². The van der Waals surface area contributed by atoms with Gasteiger partial charge in [-0.3, -0.25) is 4.79 Å². The summed E-state index contributed by atoms with van der Waals surface area (Å²) in [5.41, 5.74) is -2.72. The van der Waals surface area contributed by atoms with Crippen molar-refractivity contribution in [3.05, 3.63) is 75.9 Å². The highest BCUT2D eigenvalue weighted by Gasteiger charge is 2.39. The minimum Gasteiger partial charge on any atom is -0.462 e. The molecule has 0 fully saturated rings. The first-order chi connectivity index (χ1) is 19.4. The van der Waals surface area contributed by atoms with Gasteiger partial charge in [0.05, 0.1) is 24.0 Å². The van der Waals surface area contributed by atoms with E-state index < -0.39 is 60.5 Å². The third-order valence-corrected chi connectivity index (χ3v) is 5.38. The van der Waals surface area contributed by atoms with Gasteiger partial charge in [0.25, 0.3) is 0 Å². The van der Waals surface area contributed by atoms with Crippen LogP contribution in [0.1, 0.15) is 12.8 Å². The van der Waals surface area contributed by atoms with Crippen LogP contribution in [0, 0.1) is 10.8 Å². The molecule has 0 radical (unpaired) electrons. The fraction of sp³-hybridized carbons (Fsp3) is 0.379. The van der Waals surface area contributed by atoms with Gasteiger partial charge in [-0.25, -0.2) is 24.0 Å². The topological polar surface area (TPSA) is 158 Å². The summed E-state index contributed by atoms with van der Waals surface area (Å²) < 4.78 is 31.9. The van der Waals surface area contributed by atoms with Crippen molar-refractivity contribution in [1.29, 1.82) is 0 Å². The zero-order chi connectivity index (χ0) is 31.3. The second-order valence-corrected chi connectivity index (χ2v) is 8.72. The highest BCUT2D eigenvalue weighted by atomic mass is 16.6. The Balaban J connectivity index is 6.30. The number of ketones is 1. The second kappa shape index (κ2) is 19.5. The Morgan fingerprint density at radius 1 is 0.439 bits per heavy atom. The van der Waals surface area contributed by atoms with E-state index in [-0.39, 0.29) is 45.1 Å². The fourth-order valence-electron chi connectivity index (χ4n) is 2.98. The predicted octanol–water partition coefficient (Wildman–Crippen LogP) is 2.16. The van der Waals surface area contributed by atoms with Gasteiger partial charge in [-0.15, -0.1) is 0 Å². The van der Waals surface area contributed by atoms with Crippen molar-refractivity contribution in [2.24, 2.45) is 10.8 Å². The summed E-state index contributed by atoms with van der Waals surface area (Å²) in [5, 5.41) is 0. The smallest absolute Gasteiger partial charge is 0.330 e. The maximum Gasteiger partial charge on any atom is 0.330 e. The molecule has 0 amide bonds.